The van der Waals surface area contributed by atoms with Gasteiger partial charge in [0.05, 0.1) is 25.8 Å². The lowest BCUT2D eigenvalue weighted by atomic mass is 10.4. The summed E-state index contributed by atoms with van der Waals surface area (Å²) in [5.41, 5.74) is 0. The van der Waals surface area contributed by atoms with Crippen molar-refractivity contribution in [3.63, 3.8) is 0 Å². The van der Waals surface area contributed by atoms with Gasteiger partial charge in [-0.05, 0) is 18.7 Å². The predicted octanol–water partition coefficient (Wildman–Crippen LogP) is 0.867. The molecular formula is C12H19NO5S. The molecular weight excluding hydrogens is 270 g/mol. The van der Waals surface area contributed by atoms with Gasteiger partial charge in [0.15, 0.2) is 9.84 Å². The highest BCUT2D eigenvalue weighted by atomic mass is 32.2. The Morgan fingerprint density at radius 1 is 1.37 bits per heavy atom. The van der Waals surface area contributed by atoms with Gasteiger partial charge >= 0.3 is 5.97 Å². The third-order valence-electron chi connectivity index (χ3n) is 2.47. The van der Waals surface area contributed by atoms with Crippen molar-refractivity contribution in [1.82, 2.24) is 5.32 Å². The van der Waals surface area contributed by atoms with Gasteiger partial charge < -0.3 is 14.5 Å². The van der Waals surface area contributed by atoms with Gasteiger partial charge in [0.25, 0.3) is 0 Å². The number of nitrogens with one attached hydrogen (secondary N) is 1. The average molecular weight is 289 g/mol. The van der Waals surface area contributed by atoms with Crippen LogP contribution in [0.5, 0.6) is 0 Å². The van der Waals surface area contributed by atoms with E-state index in [0.717, 1.165) is 6.54 Å². The first-order valence-electron chi connectivity index (χ1n) is 6.02. The zero-order valence-corrected chi connectivity index (χ0v) is 12.0. The van der Waals surface area contributed by atoms with E-state index in [1.165, 1.54) is 7.11 Å². The summed E-state index contributed by atoms with van der Waals surface area (Å²) in [4.78, 5) is 10.9. The summed E-state index contributed by atoms with van der Waals surface area (Å²) in [6.07, 6.45) is -0.135. The van der Waals surface area contributed by atoms with Crippen LogP contribution in [0.15, 0.2) is 16.5 Å². The molecule has 0 aliphatic heterocycles. The average Bonchev–Trinajstić information content (AvgIpc) is 2.80. The van der Waals surface area contributed by atoms with Crippen LogP contribution < -0.4 is 5.32 Å². The lowest BCUT2D eigenvalue weighted by molar-refractivity contribution is -0.140. The highest BCUT2D eigenvalue weighted by Crippen LogP contribution is 2.12. The summed E-state index contributed by atoms with van der Waals surface area (Å²) >= 11 is 0. The third-order valence-corrected chi connectivity index (χ3v) is 4.02. The first-order chi connectivity index (χ1) is 8.96. The molecule has 7 heteroatoms. The monoisotopic (exact) mass is 289 g/mol. The first kappa shape index (κ1) is 15.7. The van der Waals surface area contributed by atoms with Crippen molar-refractivity contribution in [2.45, 2.75) is 25.6 Å². The maximum Gasteiger partial charge on any atom is 0.306 e. The van der Waals surface area contributed by atoms with Gasteiger partial charge in [0, 0.05) is 0 Å². The highest BCUT2D eigenvalue weighted by molar-refractivity contribution is 7.90. The Kier molecular flexibility index (Phi) is 6.04. The largest absolute Gasteiger partial charge is 0.469 e. The Morgan fingerprint density at radius 2 is 2.05 bits per heavy atom. The Hall–Kier alpha value is -1.34. The van der Waals surface area contributed by atoms with E-state index in [1.54, 1.807) is 12.1 Å². The Bertz CT molecular complexity index is 506. The molecule has 0 aromatic carbocycles. The second-order valence-electron chi connectivity index (χ2n) is 4.07. The number of furan rings is 1. The number of hydrogen-bond acceptors (Lipinski definition) is 6. The fourth-order valence-electron chi connectivity index (χ4n) is 1.47. The summed E-state index contributed by atoms with van der Waals surface area (Å²) in [7, 11) is -2.13. The van der Waals surface area contributed by atoms with E-state index < -0.39 is 15.8 Å². The van der Waals surface area contributed by atoms with Crippen LogP contribution in [-0.4, -0.2) is 33.8 Å². The molecule has 0 atom stereocenters. The molecule has 1 heterocycles. The van der Waals surface area contributed by atoms with Gasteiger partial charge in [-0.15, -0.1) is 0 Å². The smallest absolute Gasteiger partial charge is 0.306 e. The summed E-state index contributed by atoms with van der Waals surface area (Å²) in [6, 6.07) is 3.39. The molecule has 1 rings (SSSR count). The van der Waals surface area contributed by atoms with Crippen LogP contribution in [0.4, 0.5) is 0 Å². The van der Waals surface area contributed by atoms with Gasteiger partial charge in [-0.25, -0.2) is 8.42 Å². The molecule has 19 heavy (non-hydrogen) atoms. The van der Waals surface area contributed by atoms with E-state index >= 15 is 0 Å². The highest BCUT2D eigenvalue weighted by Gasteiger charge is 2.17. The first-order valence-corrected chi connectivity index (χ1v) is 7.84. The Balaban J connectivity index is 2.53. The number of hydrogen-bond donors (Lipinski definition) is 1. The van der Waals surface area contributed by atoms with Crippen LogP contribution in [0, 0.1) is 0 Å². The molecule has 1 N–H and O–H groups in total. The van der Waals surface area contributed by atoms with Crippen LogP contribution in [0.1, 0.15) is 24.9 Å². The molecule has 0 unspecified atom stereocenters. The zero-order valence-electron chi connectivity index (χ0n) is 11.1. The van der Waals surface area contributed by atoms with Gasteiger partial charge in [0.1, 0.15) is 17.3 Å². The number of carbonyl (C=O) groups excluding carboxylic acids is 1. The summed E-state index contributed by atoms with van der Waals surface area (Å²) in [5, 5.41) is 3.08. The van der Waals surface area contributed by atoms with Crippen molar-refractivity contribution in [3.05, 3.63) is 23.7 Å². The standard InChI is InChI=1S/C12H19NO5S/c1-3-13-8-10-4-5-11(18-10)9-19(15,16)7-6-12(14)17-2/h4-5,13H,3,6-9H2,1-2H3. The summed E-state index contributed by atoms with van der Waals surface area (Å²) < 4.78 is 33.3. The van der Waals surface area contributed by atoms with E-state index in [-0.39, 0.29) is 17.9 Å². The zero-order chi connectivity index (χ0) is 14.3. The quantitative estimate of drug-likeness (QED) is 0.715. The van der Waals surface area contributed by atoms with E-state index in [0.29, 0.717) is 18.1 Å². The lowest BCUT2D eigenvalue weighted by Crippen LogP contribution is -2.14. The molecule has 1 aromatic rings. The van der Waals surface area contributed by atoms with Gasteiger partial charge in [0.2, 0.25) is 0 Å². The molecule has 0 radical (unpaired) electrons. The number of sulfone groups is 1. The normalized spacial score (nSPS) is 11.5. The SMILES string of the molecule is CCNCc1ccc(CS(=O)(=O)CCC(=O)OC)o1. The minimum absolute atomic E-state index is 0.135. The topological polar surface area (TPSA) is 85.6 Å². The Labute approximate surface area is 113 Å². The molecule has 0 bridgehead atoms. The van der Waals surface area contributed by atoms with E-state index in [9.17, 15) is 13.2 Å². The number of methoxy groups -OCH3 is 1. The molecule has 0 fully saturated rings. The van der Waals surface area contributed by atoms with Crippen molar-refractivity contribution >= 4 is 15.8 Å². The van der Waals surface area contributed by atoms with E-state index in [4.69, 9.17) is 4.42 Å². The molecule has 0 saturated heterocycles. The van der Waals surface area contributed by atoms with Crippen molar-refractivity contribution in [1.29, 1.82) is 0 Å². The molecule has 1 aromatic heterocycles. The summed E-state index contributed by atoms with van der Waals surface area (Å²) in [6.45, 7) is 3.35. The van der Waals surface area contributed by atoms with E-state index in [1.807, 2.05) is 6.92 Å². The molecule has 108 valence electrons. The predicted molar refractivity (Wildman–Crippen MR) is 70.2 cm³/mol. The van der Waals surface area contributed by atoms with Crippen LogP contribution in [0.2, 0.25) is 0 Å². The minimum atomic E-state index is -3.36. The van der Waals surface area contributed by atoms with Crippen molar-refractivity contribution in [2.75, 3.05) is 19.4 Å². The molecule has 6 nitrogen and oxygen atoms in total. The van der Waals surface area contributed by atoms with E-state index in [2.05, 4.69) is 10.1 Å². The Morgan fingerprint density at radius 3 is 2.68 bits per heavy atom. The van der Waals surface area contributed by atoms with Crippen LogP contribution in [-0.2, 0) is 31.7 Å². The fraction of sp³-hybridized carbons (Fsp3) is 0.583. The number of carbonyl (C=O) groups is 1. The fourth-order valence-corrected chi connectivity index (χ4v) is 2.68. The number of ether oxygens (including phenoxy) is 1. The molecule has 0 spiro atoms. The molecule has 0 aliphatic carbocycles. The van der Waals surface area contributed by atoms with Gasteiger partial charge in [-0.1, -0.05) is 6.92 Å². The maximum atomic E-state index is 11.8. The van der Waals surface area contributed by atoms with Gasteiger partial charge in [-0.2, -0.15) is 0 Å². The minimum Gasteiger partial charge on any atom is -0.469 e. The van der Waals surface area contributed by atoms with Crippen LogP contribution in [0.25, 0.3) is 0 Å². The maximum absolute atomic E-state index is 11.8. The number of esters is 1. The van der Waals surface area contributed by atoms with Crippen LogP contribution >= 0.6 is 0 Å². The third kappa shape index (κ3) is 5.89. The number of rotatable bonds is 8. The lowest BCUT2D eigenvalue weighted by Gasteiger charge is -2.02. The van der Waals surface area contributed by atoms with Crippen LogP contribution in [0.3, 0.4) is 0 Å². The second kappa shape index (κ2) is 7.30. The van der Waals surface area contributed by atoms with Crippen molar-refractivity contribution in [2.24, 2.45) is 0 Å². The van der Waals surface area contributed by atoms with Crippen molar-refractivity contribution < 1.29 is 22.4 Å². The second-order valence-corrected chi connectivity index (χ2v) is 6.25. The van der Waals surface area contributed by atoms with Gasteiger partial charge in [-0.3, -0.25) is 4.79 Å². The molecule has 0 amide bonds. The van der Waals surface area contributed by atoms with Crippen molar-refractivity contribution in [3.8, 4) is 0 Å². The molecule has 0 aliphatic rings. The molecule has 0 saturated carbocycles. The summed E-state index contributed by atoms with van der Waals surface area (Å²) in [5.74, 6) is 0.118.